The molecule has 0 saturated heterocycles. The zero-order chi connectivity index (χ0) is 20.4. The van der Waals surface area contributed by atoms with Crippen molar-refractivity contribution < 1.29 is 9.59 Å². The van der Waals surface area contributed by atoms with Crippen LogP contribution >= 0.6 is 0 Å². The largest absolute Gasteiger partial charge is 0.344 e. The molecule has 0 radical (unpaired) electrons. The van der Waals surface area contributed by atoms with Crippen LogP contribution in [-0.2, 0) is 6.42 Å². The Kier molecular flexibility index (Phi) is 5.12. The van der Waals surface area contributed by atoms with E-state index < -0.39 is 0 Å². The smallest absolute Gasteiger partial charge is 0.270 e. The van der Waals surface area contributed by atoms with Gasteiger partial charge in [0.2, 0.25) is 0 Å². The Bertz CT molecular complexity index is 1050. The second kappa shape index (κ2) is 7.87. The Morgan fingerprint density at radius 1 is 1.07 bits per heavy atom. The summed E-state index contributed by atoms with van der Waals surface area (Å²) in [6, 6.07) is 20.8. The molecule has 146 valence electrons. The third-order valence-electron chi connectivity index (χ3n) is 5.31. The van der Waals surface area contributed by atoms with Crippen molar-refractivity contribution in [3.63, 3.8) is 0 Å². The predicted molar refractivity (Wildman–Crippen MR) is 113 cm³/mol. The van der Waals surface area contributed by atoms with Gasteiger partial charge in [0.15, 0.2) is 0 Å². The second-order valence-corrected chi connectivity index (χ2v) is 7.39. The molecule has 3 aromatic rings. The van der Waals surface area contributed by atoms with E-state index in [0.29, 0.717) is 5.56 Å². The van der Waals surface area contributed by atoms with Crippen molar-refractivity contribution >= 4 is 17.5 Å². The molecule has 1 aliphatic rings. The molecule has 2 atom stereocenters. The zero-order valence-corrected chi connectivity index (χ0v) is 16.5. The third kappa shape index (κ3) is 3.76. The van der Waals surface area contributed by atoms with Gasteiger partial charge in [0.25, 0.3) is 11.8 Å². The fourth-order valence-electron chi connectivity index (χ4n) is 3.80. The third-order valence-corrected chi connectivity index (χ3v) is 5.31. The van der Waals surface area contributed by atoms with Gasteiger partial charge in [-0.3, -0.25) is 14.6 Å². The molecule has 5 nitrogen and oxygen atoms in total. The minimum atomic E-state index is -0.300. The van der Waals surface area contributed by atoms with Crippen LogP contribution in [0.3, 0.4) is 0 Å². The average molecular weight is 385 g/mol. The van der Waals surface area contributed by atoms with E-state index in [9.17, 15) is 9.59 Å². The maximum absolute atomic E-state index is 13.2. The maximum atomic E-state index is 13.2. The molecule has 2 unspecified atom stereocenters. The van der Waals surface area contributed by atoms with E-state index in [1.807, 2.05) is 62.4 Å². The Morgan fingerprint density at radius 2 is 1.79 bits per heavy atom. The van der Waals surface area contributed by atoms with Crippen LogP contribution in [0.15, 0.2) is 72.9 Å². The second-order valence-electron chi connectivity index (χ2n) is 7.39. The number of benzene rings is 2. The Balaban J connectivity index is 1.54. The van der Waals surface area contributed by atoms with E-state index >= 15 is 0 Å². The fraction of sp³-hybridized carbons (Fsp3) is 0.208. The number of anilines is 1. The summed E-state index contributed by atoms with van der Waals surface area (Å²) in [4.78, 5) is 31.9. The van der Waals surface area contributed by atoms with Crippen molar-refractivity contribution in [3.05, 3.63) is 95.3 Å². The lowest BCUT2D eigenvalue weighted by Gasteiger charge is -2.23. The van der Waals surface area contributed by atoms with Gasteiger partial charge in [-0.2, -0.15) is 0 Å². The molecule has 2 aromatic carbocycles. The number of fused-ring (bicyclic) bond motifs is 1. The highest BCUT2D eigenvalue weighted by molar-refractivity contribution is 6.08. The normalized spacial score (nSPS) is 16.2. The number of rotatable bonds is 4. The van der Waals surface area contributed by atoms with Gasteiger partial charge in [-0.1, -0.05) is 48.5 Å². The molecule has 29 heavy (non-hydrogen) atoms. The predicted octanol–water partition coefficient (Wildman–Crippen LogP) is 4.16. The van der Waals surface area contributed by atoms with Crippen molar-refractivity contribution in [1.82, 2.24) is 10.3 Å². The summed E-state index contributed by atoms with van der Waals surface area (Å²) in [5.74, 6) is -0.416. The Hall–Kier alpha value is -3.47. The van der Waals surface area contributed by atoms with Gasteiger partial charge < -0.3 is 10.2 Å². The highest BCUT2D eigenvalue weighted by atomic mass is 16.2. The van der Waals surface area contributed by atoms with E-state index in [2.05, 4.69) is 16.4 Å². The van der Waals surface area contributed by atoms with Crippen LogP contribution in [0.1, 0.15) is 51.9 Å². The highest BCUT2D eigenvalue weighted by Gasteiger charge is 2.31. The molecule has 4 rings (SSSR count). The summed E-state index contributed by atoms with van der Waals surface area (Å²) in [6.45, 7) is 3.96. The summed E-state index contributed by atoms with van der Waals surface area (Å²) in [5.41, 5.74) is 3.80. The molecule has 0 saturated carbocycles. The van der Waals surface area contributed by atoms with Crippen LogP contribution in [-0.4, -0.2) is 22.8 Å². The summed E-state index contributed by atoms with van der Waals surface area (Å²) < 4.78 is 0. The molecule has 5 heteroatoms. The maximum Gasteiger partial charge on any atom is 0.270 e. The number of para-hydroxylation sites is 1. The number of carbonyl (C=O) groups is 2. The number of aromatic nitrogens is 1. The van der Waals surface area contributed by atoms with Crippen LogP contribution in [0.5, 0.6) is 0 Å². The molecule has 0 aliphatic carbocycles. The zero-order valence-electron chi connectivity index (χ0n) is 16.5. The molecule has 0 spiro atoms. The summed E-state index contributed by atoms with van der Waals surface area (Å²) in [5, 5.41) is 2.95. The van der Waals surface area contributed by atoms with Crippen LogP contribution < -0.4 is 10.2 Å². The average Bonchev–Trinajstić information content (AvgIpc) is 3.09. The van der Waals surface area contributed by atoms with Crippen LogP contribution in [0.4, 0.5) is 5.69 Å². The van der Waals surface area contributed by atoms with Gasteiger partial charge in [-0.15, -0.1) is 0 Å². The van der Waals surface area contributed by atoms with E-state index in [0.717, 1.165) is 23.2 Å². The number of hydrogen-bond donors (Lipinski definition) is 1. The molecule has 0 fully saturated rings. The van der Waals surface area contributed by atoms with Crippen LogP contribution in [0, 0.1) is 0 Å². The minimum absolute atomic E-state index is 0.0726. The van der Waals surface area contributed by atoms with Gasteiger partial charge in [0.1, 0.15) is 5.69 Å². The lowest BCUT2D eigenvalue weighted by atomic mass is 10.1. The van der Waals surface area contributed by atoms with Crippen molar-refractivity contribution in [2.24, 2.45) is 0 Å². The summed E-state index contributed by atoms with van der Waals surface area (Å²) in [6.07, 6.45) is 2.34. The van der Waals surface area contributed by atoms with E-state index in [1.54, 1.807) is 17.0 Å². The van der Waals surface area contributed by atoms with Crippen molar-refractivity contribution in [2.75, 3.05) is 4.90 Å². The molecule has 0 bridgehead atoms. The van der Waals surface area contributed by atoms with Gasteiger partial charge in [-0.05, 0) is 49.6 Å². The molecule has 1 N–H and O–H groups in total. The van der Waals surface area contributed by atoms with E-state index in [-0.39, 0.29) is 29.6 Å². The van der Waals surface area contributed by atoms with Gasteiger partial charge in [0.05, 0.1) is 6.04 Å². The van der Waals surface area contributed by atoms with E-state index in [1.165, 1.54) is 6.20 Å². The Morgan fingerprint density at radius 3 is 2.59 bits per heavy atom. The Labute approximate surface area is 170 Å². The fourth-order valence-corrected chi connectivity index (χ4v) is 3.80. The quantitative estimate of drug-likeness (QED) is 0.733. The number of amides is 2. The number of nitrogens with zero attached hydrogens (tertiary/aromatic N) is 2. The topological polar surface area (TPSA) is 62.3 Å². The molecule has 2 heterocycles. The van der Waals surface area contributed by atoms with Crippen molar-refractivity contribution in [1.29, 1.82) is 0 Å². The van der Waals surface area contributed by atoms with Gasteiger partial charge in [0, 0.05) is 23.5 Å². The summed E-state index contributed by atoms with van der Waals surface area (Å²) >= 11 is 0. The molecule has 1 aliphatic heterocycles. The first-order valence-corrected chi connectivity index (χ1v) is 9.78. The van der Waals surface area contributed by atoms with Crippen molar-refractivity contribution in [3.8, 4) is 0 Å². The lowest BCUT2D eigenvalue weighted by molar-refractivity contribution is 0.0935. The SMILES string of the molecule is CC(NC(=O)c1cc(C(=O)N2c3ccccc3CC2C)ccn1)c1ccccc1. The van der Waals surface area contributed by atoms with Crippen LogP contribution in [0.2, 0.25) is 0 Å². The van der Waals surface area contributed by atoms with Crippen LogP contribution in [0.25, 0.3) is 0 Å². The van der Waals surface area contributed by atoms with Gasteiger partial charge >= 0.3 is 0 Å². The number of pyridine rings is 1. The standard InChI is InChI=1S/C24H23N3O2/c1-16-14-19-10-6-7-11-22(19)27(16)24(29)20-12-13-25-21(15-20)23(28)26-17(2)18-8-4-3-5-9-18/h3-13,15-17H,14H2,1-2H3,(H,26,28). The monoisotopic (exact) mass is 385 g/mol. The van der Waals surface area contributed by atoms with E-state index in [4.69, 9.17) is 0 Å². The molecule has 2 amide bonds. The van der Waals surface area contributed by atoms with Gasteiger partial charge in [-0.25, -0.2) is 0 Å². The molecular formula is C24H23N3O2. The molecule has 1 aromatic heterocycles. The number of carbonyl (C=O) groups excluding carboxylic acids is 2. The molecular weight excluding hydrogens is 362 g/mol. The first-order valence-electron chi connectivity index (χ1n) is 9.78. The first-order chi connectivity index (χ1) is 14.0. The van der Waals surface area contributed by atoms with Crippen molar-refractivity contribution in [2.45, 2.75) is 32.4 Å². The lowest BCUT2D eigenvalue weighted by Crippen LogP contribution is -2.36. The number of nitrogens with one attached hydrogen (secondary N) is 1. The highest BCUT2D eigenvalue weighted by Crippen LogP contribution is 2.33. The minimum Gasteiger partial charge on any atom is -0.344 e. The number of hydrogen-bond acceptors (Lipinski definition) is 3. The first kappa shape index (κ1) is 18.9. The summed E-state index contributed by atoms with van der Waals surface area (Å²) in [7, 11) is 0.